The molecule has 0 spiro atoms. The van der Waals surface area contributed by atoms with Crippen LogP contribution in [0, 0.1) is 0 Å². The monoisotopic (exact) mass is 266 g/mol. The van der Waals surface area contributed by atoms with Crippen molar-refractivity contribution in [2.75, 3.05) is 7.11 Å². The Bertz CT molecular complexity index is 681. The molecule has 0 radical (unpaired) electrons. The molecule has 1 aliphatic rings. The summed E-state index contributed by atoms with van der Waals surface area (Å²) in [6.45, 7) is 0. The maximum absolute atomic E-state index is 11.9. The van der Waals surface area contributed by atoms with Gasteiger partial charge in [0, 0.05) is 5.56 Å². The molecule has 3 rings (SSSR count). The number of aromatic nitrogens is 2. The second kappa shape index (κ2) is 4.24. The first-order chi connectivity index (χ1) is 8.70. The Kier molecular flexibility index (Phi) is 2.70. The number of hydrogen-bond acceptors (Lipinski definition) is 5. The van der Waals surface area contributed by atoms with Crippen LogP contribution in [0.15, 0.2) is 9.21 Å². The van der Waals surface area contributed by atoms with Crippen LogP contribution in [-0.4, -0.2) is 17.1 Å². The van der Waals surface area contributed by atoms with Crippen LogP contribution in [0.2, 0.25) is 5.28 Å². The Balaban J connectivity index is 2.45. The highest BCUT2D eigenvalue weighted by Crippen LogP contribution is 2.31. The zero-order valence-corrected chi connectivity index (χ0v) is 10.6. The topological polar surface area (TPSA) is 65.2 Å². The van der Waals surface area contributed by atoms with Crippen molar-refractivity contribution < 1.29 is 9.15 Å². The summed E-state index contributed by atoms with van der Waals surface area (Å²) < 4.78 is 10.4. The van der Waals surface area contributed by atoms with E-state index in [1.54, 1.807) is 0 Å². The molecule has 0 N–H and O–H groups in total. The van der Waals surface area contributed by atoms with Crippen LogP contribution in [0.25, 0.3) is 11.1 Å². The lowest BCUT2D eigenvalue weighted by Gasteiger charge is -2.16. The van der Waals surface area contributed by atoms with E-state index in [4.69, 9.17) is 20.8 Å². The minimum absolute atomic E-state index is 0.0123. The second-order valence-corrected chi connectivity index (χ2v) is 4.57. The lowest BCUT2D eigenvalue weighted by atomic mass is 9.91. The predicted molar refractivity (Wildman–Crippen MR) is 66.3 cm³/mol. The van der Waals surface area contributed by atoms with E-state index in [-0.39, 0.29) is 16.6 Å². The highest BCUT2D eigenvalue weighted by Gasteiger charge is 2.22. The summed E-state index contributed by atoms with van der Waals surface area (Å²) in [4.78, 5) is 19.9. The van der Waals surface area contributed by atoms with E-state index in [1.165, 1.54) is 7.11 Å². The van der Waals surface area contributed by atoms with Gasteiger partial charge < -0.3 is 9.15 Å². The van der Waals surface area contributed by atoms with E-state index in [0.29, 0.717) is 11.3 Å². The van der Waals surface area contributed by atoms with Crippen LogP contribution < -0.4 is 10.4 Å². The summed E-state index contributed by atoms with van der Waals surface area (Å²) >= 11 is 5.77. The SMILES string of the molecule is COc1nc(Cl)nc2oc(=O)c3c(c12)CCCC3. The normalized spacial score (nSPS) is 14.6. The molecule has 2 aromatic heterocycles. The predicted octanol–water partition coefficient (Wildman–Crippen LogP) is 2.12. The number of aryl methyl sites for hydroxylation is 1. The van der Waals surface area contributed by atoms with Crippen LogP contribution in [-0.2, 0) is 12.8 Å². The third-order valence-corrected chi connectivity index (χ3v) is 3.38. The van der Waals surface area contributed by atoms with E-state index >= 15 is 0 Å². The first-order valence-corrected chi connectivity index (χ1v) is 6.14. The van der Waals surface area contributed by atoms with E-state index in [0.717, 1.165) is 36.8 Å². The van der Waals surface area contributed by atoms with Gasteiger partial charge in [-0.05, 0) is 42.8 Å². The average molecular weight is 267 g/mol. The highest BCUT2D eigenvalue weighted by atomic mass is 35.5. The largest absolute Gasteiger partial charge is 0.480 e. The first-order valence-electron chi connectivity index (χ1n) is 5.77. The van der Waals surface area contributed by atoms with E-state index in [1.807, 2.05) is 0 Å². The molecule has 18 heavy (non-hydrogen) atoms. The molecule has 0 saturated carbocycles. The van der Waals surface area contributed by atoms with E-state index in [2.05, 4.69) is 9.97 Å². The van der Waals surface area contributed by atoms with E-state index < -0.39 is 0 Å². The maximum atomic E-state index is 11.9. The summed E-state index contributed by atoms with van der Waals surface area (Å²) in [6.07, 6.45) is 3.59. The molecule has 0 saturated heterocycles. The lowest BCUT2D eigenvalue weighted by Crippen LogP contribution is -2.16. The van der Waals surface area contributed by atoms with Crippen LogP contribution in [0.4, 0.5) is 0 Å². The van der Waals surface area contributed by atoms with Gasteiger partial charge in [-0.2, -0.15) is 9.97 Å². The smallest absolute Gasteiger partial charge is 0.341 e. The minimum atomic E-state index is -0.325. The maximum Gasteiger partial charge on any atom is 0.341 e. The van der Waals surface area contributed by atoms with Gasteiger partial charge in [0.15, 0.2) is 0 Å². The molecule has 0 amide bonds. The number of halogens is 1. The van der Waals surface area contributed by atoms with Gasteiger partial charge in [-0.25, -0.2) is 4.79 Å². The molecule has 0 aromatic carbocycles. The molecule has 0 fully saturated rings. The van der Waals surface area contributed by atoms with Crippen LogP contribution in [0.5, 0.6) is 5.88 Å². The first kappa shape index (κ1) is 11.5. The van der Waals surface area contributed by atoms with Gasteiger partial charge in [-0.15, -0.1) is 0 Å². The zero-order chi connectivity index (χ0) is 12.7. The number of methoxy groups -OCH3 is 1. The van der Waals surface area contributed by atoms with Gasteiger partial charge in [-0.1, -0.05) is 0 Å². The Hall–Kier alpha value is -1.62. The fourth-order valence-corrected chi connectivity index (χ4v) is 2.58. The van der Waals surface area contributed by atoms with Gasteiger partial charge in [0.2, 0.25) is 16.9 Å². The Morgan fingerprint density at radius 1 is 1.22 bits per heavy atom. The van der Waals surface area contributed by atoms with Crippen molar-refractivity contribution in [1.29, 1.82) is 0 Å². The number of ether oxygens (including phenoxy) is 1. The van der Waals surface area contributed by atoms with Crippen molar-refractivity contribution in [3.8, 4) is 5.88 Å². The Morgan fingerprint density at radius 2 is 1.94 bits per heavy atom. The number of rotatable bonds is 1. The fraction of sp³-hybridized carbons (Fsp3) is 0.417. The fourth-order valence-electron chi connectivity index (χ4n) is 2.43. The Morgan fingerprint density at radius 3 is 2.67 bits per heavy atom. The van der Waals surface area contributed by atoms with Crippen molar-refractivity contribution >= 4 is 22.7 Å². The summed E-state index contributed by atoms with van der Waals surface area (Å²) in [5.74, 6) is 0.368. The van der Waals surface area contributed by atoms with Crippen molar-refractivity contribution in [2.45, 2.75) is 25.7 Å². The van der Waals surface area contributed by atoms with Crippen LogP contribution in [0.1, 0.15) is 24.0 Å². The zero-order valence-electron chi connectivity index (χ0n) is 9.83. The van der Waals surface area contributed by atoms with Gasteiger partial charge in [-0.3, -0.25) is 0 Å². The number of nitrogens with zero attached hydrogens (tertiary/aromatic N) is 2. The summed E-state index contributed by atoms with van der Waals surface area (Å²) in [7, 11) is 1.51. The Labute approximate surface area is 108 Å². The quantitative estimate of drug-likeness (QED) is 0.740. The molecular formula is C12H11ClN2O3. The summed E-state index contributed by atoms with van der Waals surface area (Å²) in [5, 5.41) is 0.689. The van der Waals surface area contributed by atoms with Crippen molar-refractivity contribution in [1.82, 2.24) is 9.97 Å². The molecule has 1 aliphatic carbocycles. The summed E-state index contributed by atoms with van der Waals surface area (Å²) in [5.41, 5.74) is 1.55. The van der Waals surface area contributed by atoms with Gasteiger partial charge >= 0.3 is 5.63 Å². The molecule has 0 bridgehead atoms. The second-order valence-electron chi connectivity index (χ2n) is 4.24. The van der Waals surface area contributed by atoms with E-state index in [9.17, 15) is 4.79 Å². The molecule has 2 heterocycles. The molecule has 0 unspecified atom stereocenters. The molecule has 2 aromatic rings. The number of fused-ring (bicyclic) bond motifs is 3. The molecule has 94 valence electrons. The minimum Gasteiger partial charge on any atom is -0.480 e. The van der Waals surface area contributed by atoms with Crippen LogP contribution in [0.3, 0.4) is 0 Å². The standard InChI is InChI=1S/C12H11ClN2O3/c1-17-9-8-6-4-2-3-5-7(6)11(16)18-10(8)15-12(13)14-9/h2-5H2,1H3. The third kappa shape index (κ3) is 1.66. The van der Waals surface area contributed by atoms with Crippen molar-refractivity contribution in [3.05, 3.63) is 26.8 Å². The van der Waals surface area contributed by atoms with Gasteiger partial charge in [0.1, 0.15) is 5.39 Å². The summed E-state index contributed by atoms with van der Waals surface area (Å²) in [6, 6.07) is 0. The molecule has 5 nitrogen and oxygen atoms in total. The molecular weight excluding hydrogens is 256 g/mol. The average Bonchev–Trinajstić information content (AvgIpc) is 2.37. The number of hydrogen-bond donors (Lipinski definition) is 0. The van der Waals surface area contributed by atoms with Gasteiger partial charge in [0.05, 0.1) is 7.11 Å². The van der Waals surface area contributed by atoms with Crippen molar-refractivity contribution in [2.24, 2.45) is 0 Å². The van der Waals surface area contributed by atoms with Gasteiger partial charge in [0.25, 0.3) is 0 Å². The highest BCUT2D eigenvalue weighted by molar-refractivity contribution is 6.28. The molecule has 0 atom stereocenters. The molecule has 6 heteroatoms. The van der Waals surface area contributed by atoms with Crippen molar-refractivity contribution in [3.63, 3.8) is 0 Å². The molecule has 0 aliphatic heterocycles. The third-order valence-electron chi connectivity index (χ3n) is 3.21. The van der Waals surface area contributed by atoms with Crippen LogP contribution >= 0.6 is 11.6 Å². The lowest BCUT2D eigenvalue weighted by molar-refractivity contribution is 0.399.